The van der Waals surface area contributed by atoms with E-state index in [1.165, 1.54) is 39.5 Å². The minimum atomic E-state index is -1.95. The number of ketones is 1. The molecule has 3 aliphatic rings. The van der Waals surface area contributed by atoms with Crippen molar-refractivity contribution in [2.24, 2.45) is 0 Å². The Bertz CT molecular complexity index is 1710. The maximum Gasteiger partial charge on any atom is 0.303 e. The molecule has 0 bridgehead atoms. The van der Waals surface area contributed by atoms with Gasteiger partial charge in [-0.1, -0.05) is 42.5 Å². The summed E-state index contributed by atoms with van der Waals surface area (Å²) in [7, 11) is 1.66. The van der Waals surface area contributed by atoms with E-state index in [0.29, 0.717) is 22.4 Å². The van der Waals surface area contributed by atoms with Crippen LogP contribution in [0, 0.1) is 0 Å². The van der Waals surface area contributed by atoms with Crippen molar-refractivity contribution >= 4 is 46.4 Å². The number of fused-ring (bicyclic) bond motifs is 2. The monoisotopic (exact) mass is 617 g/mol. The third-order valence-corrected chi connectivity index (χ3v) is 10.3. The minimum absolute atomic E-state index is 0.215. The summed E-state index contributed by atoms with van der Waals surface area (Å²) in [5.74, 6) is -4.07. The van der Waals surface area contributed by atoms with Crippen molar-refractivity contribution in [1.29, 1.82) is 0 Å². The molecule has 45 heavy (non-hydrogen) atoms. The van der Waals surface area contributed by atoms with Crippen LogP contribution in [0.4, 0.5) is 5.69 Å². The molecule has 0 saturated carbocycles. The number of amides is 1. The van der Waals surface area contributed by atoms with Gasteiger partial charge in [-0.2, -0.15) is 0 Å². The molecule has 0 radical (unpaired) electrons. The van der Waals surface area contributed by atoms with E-state index in [0.717, 1.165) is 0 Å². The van der Waals surface area contributed by atoms with Gasteiger partial charge >= 0.3 is 17.9 Å². The number of ether oxygens (including phenoxy) is 4. The molecule has 0 N–H and O–H groups in total. The SMILES string of the molecule is CC(=O)OC1(C)C(C)(C)OC(C)(C2C(=O)C(=C3C(=O)N(C)c4ccccc43)c3ccccc32)C(C)(OC(C)=O)C1(C)OC(C)=O. The fourth-order valence-corrected chi connectivity index (χ4v) is 7.85. The Labute approximate surface area is 262 Å². The van der Waals surface area contributed by atoms with Crippen LogP contribution in [0.15, 0.2) is 48.5 Å². The number of carbonyl (C=O) groups excluding carboxylic acids is 5. The van der Waals surface area contributed by atoms with Crippen molar-refractivity contribution in [3.63, 3.8) is 0 Å². The lowest BCUT2D eigenvalue weighted by atomic mass is 9.54. The topological polar surface area (TPSA) is 126 Å². The molecular formula is C35H39NO9. The minimum Gasteiger partial charge on any atom is -0.452 e. The van der Waals surface area contributed by atoms with Gasteiger partial charge in [0.1, 0.15) is 11.2 Å². The number of likely N-dealkylation sites (N-methyl/N-ethyl adjacent to an activating group) is 1. The number of para-hydroxylation sites is 1. The molecule has 2 aromatic carbocycles. The van der Waals surface area contributed by atoms with E-state index in [2.05, 4.69) is 0 Å². The standard InChI is InChI=1S/C35H39NO9/c1-19(37)42-33(7)31(4,5)45-32(6,34(8,43-20(2)38)35(33,9)44-21(3)39)28-23-16-12-11-15-22(23)26(29(28)40)27-24-17-13-14-18-25(24)36(10)30(27)41/h11-18,28H,1-10H3. The predicted octanol–water partition coefficient (Wildman–Crippen LogP) is 4.77. The lowest BCUT2D eigenvalue weighted by Crippen LogP contribution is -2.86. The fraction of sp³-hybridized carbons (Fsp3) is 0.457. The molecule has 1 aliphatic carbocycles. The average molecular weight is 618 g/mol. The molecule has 1 saturated heterocycles. The van der Waals surface area contributed by atoms with Gasteiger partial charge in [0.2, 0.25) is 0 Å². The Hall–Kier alpha value is -4.31. The van der Waals surface area contributed by atoms with Crippen LogP contribution in [0.3, 0.4) is 0 Å². The molecule has 10 heteroatoms. The molecule has 0 aromatic heterocycles. The van der Waals surface area contributed by atoms with E-state index in [1.54, 1.807) is 71.1 Å². The first-order chi connectivity index (χ1) is 20.8. The highest BCUT2D eigenvalue weighted by molar-refractivity contribution is 6.48. The molecular weight excluding hydrogens is 578 g/mol. The number of hydrogen-bond acceptors (Lipinski definition) is 9. The van der Waals surface area contributed by atoms with Gasteiger partial charge in [0.05, 0.1) is 17.2 Å². The second kappa shape index (κ2) is 10.1. The van der Waals surface area contributed by atoms with Crippen LogP contribution < -0.4 is 4.90 Å². The van der Waals surface area contributed by atoms with Crippen LogP contribution in [0.25, 0.3) is 11.1 Å². The number of esters is 3. The highest BCUT2D eigenvalue weighted by Gasteiger charge is 2.81. The second-order valence-electron chi connectivity index (χ2n) is 13.1. The van der Waals surface area contributed by atoms with E-state index in [4.69, 9.17) is 18.9 Å². The van der Waals surface area contributed by atoms with Gasteiger partial charge < -0.3 is 23.8 Å². The quantitative estimate of drug-likeness (QED) is 0.271. The maximum atomic E-state index is 15.0. The second-order valence-corrected chi connectivity index (χ2v) is 13.1. The summed E-state index contributed by atoms with van der Waals surface area (Å²) >= 11 is 0. The first-order valence-electron chi connectivity index (χ1n) is 14.8. The molecule has 5 atom stereocenters. The lowest BCUT2D eigenvalue weighted by molar-refractivity contribution is -0.396. The van der Waals surface area contributed by atoms with Crippen LogP contribution in [0.2, 0.25) is 0 Å². The fourth-order valence-electron chi connectivity index (χ4n) is 7.85. The Kier molecular flexibility index (Phi) is 7.20. The Morgan fingerprint density at radius 3 is 1.76 bits per heavy atom. The third-order valence-electron chi connectivity index (χ3n) is 10.3. The first-order valence-corrected chi connectivity index (χ1v) is 14.8. The van der Waals surface area contributed by atoms with E-state index >= 15 is 4.79 Å². The zero-order chi connectivity index (χ0) is 33.5. The third kappa shape index (κ3) is 4.14. The zero-order valence-corrected chi connectivity index (χ0v) is 27.3. The van der Waals surface area contributed by atoms with Crippen LogP contribution in [0.1, 0.15) is 84.9 Å². The molecule has 2 aromatic rings. The van der Waals surface area contributed by atoms with Crippen LogP contribution in [-0.4, -0.2) is 64.7 Å². The number of hydrogen-bond donors (Lipinski definition) is 0. The normalized spacial score (nSPS) is 33.4. The van der Waals surface area contributed by atoms with Gasteiger partial charge in [0.25, 0.3) is 5.91 Å². The summed E-state index contributed by atoms with van der Waals surface area (Å²) in [4.78, 5) is 68.6. The molecule has 5 unspecified atom stereocenters. The largest absolute Gasteiger partial charge is 0.452 e. The van der Waals surface area contributed by atoms with Gasteiger partial charge in [0.15, 0.2) is 22.6 Å². The summed E-state index contributed by atoms with van der Waals surface area (Å²) in [6.07, 6.45) is 0. The van der Waals surface area contributed by atoms with Crippen LogP contribution >= 0.6 is 0 Å². The molecule has 5 rings (SSSR count). The number of allylic oxidation sites excluding steroid dienone is 1. The lowest BCUT2D eigenvalue weighted by Gasteiger charge is -2.68. The van der Waals surface area contributed by atoms with Crippen molar-refractivity contribution in [3.05, 3.63) is 65.2 Å². The number of anilines is 1. The van der Waals surface area contributed by atoms with Crippen molar-refractivity contribution in [2.45, 2.75) is 96.2 Å². The van der Waals surface area contributed by atoms with Gasteiger partial charge in [-0.25, -0.2) is 0 Å². The van der Waals surface area contributed by atoms with Gasteiger partial charge in [-0.15, -0.1) is 0 Å². The molecule has 10 nitrogen and oxygen atoms in total. The molecule has 2 heterocycles. The van der Waals surface area contributed by atoms with E-state index < -0.39 is 57.6 Å². The molecule has 2 aliphatic heterocycles. The summed E-state index contributed by atoms with van der Waals surface area (Å²) < 4.78 is 25.1. The van der Waals surface area contributed by atoms with E-state index in [9.17, 15) is 19.2 Å². The van der Waals surface area contributed by atoms with Gasteiger partial charge in [0, 0.05) is 39.0 Å². The van der Waals surface area contributed by atoms with Gasteiger partial charge in [-0.3, -0.25) is 24.0 Å². The van der Waals surface area contributed by atoms with Crippen molar-refractivity contribution in [2.75, 3.05) is 11.9 Å². The smallest absolute Gasteiger partial charge is 0.303 e. The summed E-state index contributed by atoms with van der Waals surface area (Å²) in [5, 5.41) is 0. The van der Waals surface area contributed by atoms with Gasteiger partial charge in [-0.05, 0) is 58.7 Å². The summed E-state index contributed by atoms with van der Waals surface area (Å²) in [5.41, 5.74) is -5.92. The van der Waals surface area contributed by atoms with E-state index in [-0.39, 0.29) is 17.1 Å². The summed E-state index contributed by atoms with van der Waals surface area (Å²) in [6, 6.07) is 14.4. The first kappa shape index (κ1) is 32.1. The van der Waals surface area contributed by atoms with Crippen molar-refractivity contribution in [3.8, 4) is 0 Å². The van der Waals surface area contributed by atoms with Crippen molar-refractivity contribution in [1.82, 2.24) is 0 Å². The van der Waals surface area contributed by atoms with Crippen LogP contribution in [0.5, 0.6) is 0 Å². The van der Waals surface area contributed by atoms with Crippen LogP contribution in [-0.2, 0) is 42.9 Å². The van der Waals surface area contributed by atoms with Crippen molar-refractivity contribution < 1.29 is 42.9 Å². The average Bonchev–Trinajstić information content (AvgIpc) is 3.35. The number of Topliss-reactive ketones (excluding diaryl/α,β-unsaturated/α-hetero) is 1. The zero-order valence-electron chi connectivity index (χ0n) is 27.3. The predicted molar refractivity (Wildman–Crippen MR) is 165 cm³/mol. The van der Waals surface area contributed by atoms with E-state index in [1.807, 2.05) is 12.1 Å². The molecule has 1 fully saturated rings. The Morgan fingerprint density at radius 2 is 1.18 bits per heavy atom. The number of rotatable bonds is 4. The molecule has 0 spiro atoms. The Morgan fingerprint density at radius 1 is 0.689 bits per heavy atom. The number of carbonyl (C=O) groups is 5. The Balaban J connectivity index is 1.85. The highest BCUT2D eigenvalue weighted by atomic mass is 16.7. The molecule has 238 valence electrons. The summed E-state index contributed by atoms with van der Waals surface area (Å²) in [6.45, 7) is 13.2. The molecule has 1 amide bonds. The maximum absolute atomic E-state index is 15.0. The number of nitrogens with zero attached hydrogens (tertiary/aromatic N) is 1. The highest BCUT2D eigenvalue weighted by Crippen LogP contribution is 2.64. The number of benzene rings is 2.